The number of hydrogen-bond acceptors (Lipinski definition) is 4. The maximum atomic E-state index is 12.1. The molecular formula is C11H23Cl2N3O2. The maximum absolute atomic E-state index is 12.1. The number of halogens is 2. The van der Waals surface area contributed by atoms with E-state index in [1.807, 2.05) is 4.90 Å². The molecule has 2 aliphatic rings. The molecule has 2 heterocycles. The van der Waals surface area contributed by atoms with Crippen molar-refractivity contribution in [2.45, 2.75) is 25.5 Å². The van der Waals surface area contributed by atoms with Crippen molar-refractivity contribution in [1.29, 1.82) is 0 Å². The first kappa shape index (κ1) is 17.9. The highest BCUT2D eigenvalue weighted by molar-refractivity contribution is 5.85. The second-order valence-electron chi connectivity index (χ2n) is 4.61. The van der Waals surface area contributed by atoms with Crippen LogP contribution in [0.5, 0.6) is 0 Å². The first-order valence-electron chi connectivity index (χ1n) is 6.13. The quantitative estimate of drug-likeness (QED) is 0.736. The molecule has 0 saturated carbocycles. The van der Waals surface area contributed by atoms with Crippen LogP contribution in [0.15, 0.2) is 0 Å². The Morgan fingerprint density at radius 1 is 1.28 bits per heavy atom. The van der Waals surface area contributed by atoms with Crippen molar-refractivity contribution in [2.75, 3.05) is 39.3 Å². The molecule has 2 aliphatic heterocycles. The molecule has 108 valence electrons. The number of rotatable bonds is 2. The van der Waals surface area contributed by atoms with Crippen LogP contribution in [0.2, 0.25) is 0 Å². The van der Waals surface area contributed by atoms with Gasteiger partial charge in [0.1, 0.15) is 0 Å². The zero-order valence-electron chi connectivity index (χ0n) is 10.7. The van der Waals surface area contributed by atoms with E-state index >= 15 is 0 Å². The van der Waals surface area contributed by atoms with Gasteiger partial charge in [0.25, 0.3) is 0 Å². The minimum absolute atomic E-state index is 0. The predicted octanol–water partition coefficient (Wildman–Crippen LogP) is -0.283. The lowest BCUT2D eigenvalue weighted by Gasteiger charge is -2.35. The van der Waals surface area contributed by atoms with E-state index in [4.69, 9.17) is 0 Å². The van der Waals surface area contributed by atoms with Crippen molar-refractivity contribution in [1.82, 2.24) is 15.1 Å². The Labute approximate surface area is 121 Å². The molecule has 1 amide bonds. The lowest BCUT2D eigenvalue weighted by atomic mass is 10.1. The Hall–Kier alpha value is -0.0700. The third kappa shape index (κ3) is 4.24. The van der Waals surface area contributed by atoms with Crippen LogP contribution in [0.4, 0.5) is 0 Å². The van der Waals surface area contributed by atoms with Gasteiger partial charge in [0.2, 0.25) is 5.91 Å². The van der Waals surface area contributed by atoms with Gasteiger partial charge in [-0.3, -0.25) is 4.79 Å². The van der Waals surface area contributed by atoms with E-state index < -0.39 is 0 Å². The van der Waals surface area contributed by atoms with Gasteiger partial charge in [0, 0.05) is 32.7 Å². The zero-order chi connectivity index (χ0) is 11.5. The van der Waals surface area contributed by atoms with Gasteiger partial charge in [-0.15, -0.1) is 24.8 Å². The number of likely N-dealkylation sites (N-methyl/N-ethyl adjacent to an activating group) is 1. The Morgan fingerprint density at radius 3 is 2.33 bits per heavy atom. The molecule has 0 aromatic carbocycles. The molecule has 0 aliphatic carbocycles. The van der Waals surface area contributed by atoms with Crippen LogP contribution in [0.25, 0.3) is 0 Å². The number of carbonyl (C=O) groups excluding carboxylic acids is 1. The highest BCUT2D eigenvalue weighted by Gasteiger charge is 2.32. The molecule has 0 bridgehead atoms. The fraction of sp³-hybridized carbons (Fsp3) is 0.909. The summed E-state index contributed by atoms with van der Waals surface area (Å²) in [6.45, 7) is 7.33. The van der Waals surface area contributed by atoms with Crippen LogP contribution < -0.4 is 5.32 Å². The first-order chi connectivity index (χ1) is 7.70. The minimum atomic E-state index is -0.356. The number of β-amino-alcohol motifs (C(OH)–C–C–N with tert-alkyl or cyclic N) is 1. The van der Waals surface area contributed by atoms with Gasteiger partial charge in [-0.1, -0.05) is 6.92 Å². The molecule has 2 atom stereocenters. The predicted molar refractivity (Wildman–Crippen MR) is 75.6 cm³/mol. The largest absolute Gasteiger partial charge is 0.392 e. The third-order valence-electron chi connectivity index (χ3n) is 3.54. The third-order valence-corrected chi connectivity index (χ3v) is 3.54. The van der Waals surface area contributed by atoms with E-state index in [2.05, 4.69) is 17.1 Å². The molecular weight excluding hydrogens is 277 g/mol. The Bertz CT molecular complexity index is 261. The van der Waals surface area contributed by atoms with Crippen molar-refractivity contribution in [3.8, 4) is 0 Å². The van der Waals surface area contributed by atoms with Crippen LogP contribution in [-0.2, 0) is 4.79 Å². The van der Waals surface area contributed by atoms with Crippen molar-refractivity contribution < 1.29 is 9.90 Å². The number of aliphatic hydroxyl groups is 1. The summed E-state index contributed by atoms with van der Waals surface area (Å²) in [7, 11) is 0. The fourth-order valence-electron chi connectivity index (χ4n) is 2.41. The van der Waals surface area contributed by atoms with Gasteiger partial charge in [-0.2, -0.15) is 0 Å². The van der Waals surface area contributed by atoms with Gasteiger partial charge in [-0.05, 0) is 13.0 Å². The second kappa shape index (κ2) is 8.17. The lowest BCUT2D eigenvalue weighted by Crippen LogP contribution is -2.52. The van der Waals surface area contributed by atoms with E-state index in [1.54, 1.807) is 0 Å². The Balaban J connectivity index is 0.00000144. The summed E-state index contributed by atoms with van der Waals surface area (Å²) < 4.78 is 0. The number of hydrogen-bond donors (Lipinski definition) is 2. The van der Waals surface area contributed by atoms with E-state index in [9.17, 15) is 9.90 Å². The molecule has 0 radical (unpaired) electrons. The SMILES string of the molecule is CCN1CCN(C(=O)C2CC(O)CN2)CC1.Cl.Cl. The topological polar surface area (TPSA) is 55.8 Å². The van der Waals surface area contributed by atoms with Crippen molar-refractivity contribution in [2.24, 2.45) is 0 Å². The summed E-state index contributed by atoms with van der Waals surface area (Å²) in [6.07, 6.45) is 0.207. The van der Waals surface area contributed by atoms with Crippen molar-refractivity contribution in [3.63, 3.8) is 0 Å². The average Bonchev–Trinajstić information content (AvgIpc) is 2.75. The zero-order valence-corrected chi connectivity index (χ0v) is 12.3. The molecule has 7 heteroatoms. The summed E-state index contributed by atoms with van der Waals surface area (Å²) in [5, 5.41) is 12.5. The minimum Gasteiger partial charge on any atom is -0.392 e. The van der Waals surface area contributed by atoms with Gasteiger partial charge in [-0.25, -0.2) is 0 Å². The Kier molecular flexibility index (Phi) is 8.14. The van der Waals surface area contributed by atoms with Gasteiger partial charge < -0.3 is 20.2 Å². The van der Waals surface area contributed by atoms with Crippen molar-refractivity contribution >= 4 is 30.7 Å². The highest BCUT2D eigenvalue weighted by atomic mass is 35.5. The number of amides is 1. The van der Waals surface area contributed by atoms with E-state index in [1.165, 1.54) is 0 Å². The monoisotopic (exact) mass is 299 g/mol. The molecule has 0 spiro atoms. The van der Waals surface area contributed by atoms with Gasteiger partial charge in [0.15, 0.2) is 0 Å². The number of aliphatic hydroxyl groups excluding tert-OH is 1. The van der Waals surface area contributed by atoms with E-state index in [0.29, 0.717) is 13.0 Å². The molecule has 0 aromatic rings. The molecule has 5 nitrogen and oxygen atoms in total. The highest BCUT2D eigenvalue weighted by Crippen LogP contribution is 2.11. The van der Waals surface area contributed by atoms with E-state index in [0.717, 1.165) is 32.7 Å². The second-order valence-corrected chi connectivity index (χ2v) is 4.61. The molecule has 2 fully saturated rings. The average molecular weight is 300 g/mol. The summed E-state index contributed by atoms with van der Waals surface area (Å²) in [6, 6.07) is -0.164. The number of carbonyl (C=O) groups is 1. The standard InChI is InChI=1S/C11H21N3O2.2ClH/c1-2-13-3-5-14(6-4-13)11(16)10-7-9(15)8-12-10;;/h9-10,12,15H,2-8H2,1H3;2*1H. The van der Waals surface area contributed by atoms with Crippen LogP contribution in [0, 0.1) is 0 Å². The first-order valence-corrected chi connectivity index (χ1v) is 6.13. The smallest absolute Gasteiger partial charge is 0.239 e. The summed E-state index contributed by atoms with van der Waals surface area (Å²) in [4.78, 5) is 16.3. The van der Waals surface area contributed by atoms with Crippen LogP contribution in [-0.4, -0.2) is 72.2 Å². The van der Waals surface area contributed by atoms with Gasteiger partial charge in [0.05, 0.1) is 12.1 Å². The molecule has 2 saturated heterocycles. The molecule has 2 rings (SSSR count). The molecule has 0 aromatic heterocycles. The summed E-state index contributed by atoms with van der Waals surface area (Å²) in [5.41, 5.74) is 0. The van der Waals surface area contributed by atoms with Crippen LogP contribution in [0.1, 0.15) is 13.3 Å². The molecule has 2 unspecified atom stereocenters. The normalized spacial score (nSPS) is 28.4. The number of piperazine rings is 1. The lowest BCUT2D eigenvalue weighted by molar-refractivity contribution is -0.135. The maximum Gasteiger partial charge on any atom is 0.239 e. The van der Waals surface area contributed by atoms with E-state index in [-0.39, 0.29) is 42.9 Å². The van der Waals surface area contributed by atoms with Crippen LogP contribution >= 0.6 is 24.8 Å². The summed E-state index contributed by atoms with van der Waals surface area (Å²) in [5.74, 6) is 0.160. The number of nitrogens with one attached hydrogen (secondary N) is 1. The Morgan fingerprint density at radius 2 is 1.89 bits per heavy atom. The van der Waals surface area contributed by atoms with Crippen molar-refractivity contribution in [3.05, 3.63) is 0 Å². The number of nitrogens with zero attached hydrogens (tertiary/aromatic N) is 2. The molecule has 18 heavy (non-hydrogen) atoms. The molecule has 2 N–H and O–H groups in total. The fourth-order valence-corrected chi connectivity index (χ4v) is 2.41. The summed E-state index contributed by atoms with van der Waals surface area (Å²) >= 11 is 0. The van der Waals surface area contributed by atoms with Gasteiger partial charge >= 0.3 is 0 Å². The van der Waals surface area contributed by atoms with Crippen LogP contribution in [0.3, 0.4) is 0 Å².